The van der Waals surface area contributed by atoms with Gasteiger partial charge in [-0.05, 0) is 25.8 Å². The molecule has 3 nitrogen and oxygen atoms in total. The maximum absolute atomic E-state index is 10.7. The van der Waals surface area contributed by atoms with Gasteiger partial charge in [-0.2, -0.15) is 0 Å². The average molecular weight is 171 g/mol. The molecule has 0 radical (unpaired) electrons. The van der Waals surface area contributed by atoms with E-state index in [2.05, 4.69) is 6.92 Å². The molecule has 1 aliphatic heterocycles. The molecule has 1 fully saturated rings. The summed E-state index contributed by atoms with van der Waals surface area (Å²) in [6, 6.07) is -0.235. The highest BCUT2D eigenvalue weighted by molar-refractivity contribution is 5.73. The first kappa shape index (κ1) is 9.52. The van der Waals surface area contributed by atoms with Gasteiger partial charge in [-0.15, -0.1) is 0 Å². The van der Waals surface area contributed by atoms with Crippen molar-refractivity contribution in [3.8, 4) is 0 Å². The molecule has 0 aromatic heterocycles. The van der Waals surface area contributed by atoms with Crippen LogP contribution in [0.25, 0.3) is 0 Å². The quantitative estimate of drug-likeness (QED) is 0.693. The molecule has 70 valence electrons. The van der Waals surface area contributed by atoms with Crippen LogP contribution in [0.4, 0.5) is 0 Å². The molecule has 0 bridgehead atoms. The SMILES string of the molecule is CCC[C@@H]1CC(C(=O)O)N(C)C1. The van der Waals surface area contributed by atoms with E-state index < -0.39 is 5.97 Å². The van der Waals surface area contributed by atoms with Crippen LogP contribution in [-0.4, -0.2) is 35.6 Å². The molecule has 1 N–H and O–H groups in total. The van der Waals surface area contributed by atoms with E-state index in [0.29, 0.717) is 5.92 Å². The normalized spacial score (nSPS) is 30.8. The number of nitrogens with zero attached hydrogens (tertiary/aromatic N) is 1. The van der Waals surface area contributed by atoms with E-state index in [-0.39, 0.29) is 6.04 Å². The third-order valence-corrected chi connectivity index (χ3v) is 2.62. The molecule has 1 unspecified atom stereocenters. The van der Waals surface area contributed by atoms with E-state index in [1.807, 2.05) is 11.9 Å². The Morgan fingerprint density at radius 1 is 1.67 bits per heavy atom. The van der Waals surface area contributed by atoms with Gasteiger partial charge in [-0.1, -0.05) is 13.3 Å². The Hall–Kier alpha value is -0.570. The lowest BCUT2D eigenvalue weighted by atomic mass is 10.0. The van der Waals surface area contributed by atoms with E-state index >= 15 is 0 Å². The lowest BCUT2D eigenvalue weighted by Crippen LogP contribution is -2.32. The van der Waals surface area contributed by atoms with E-state index in [9.17, 15) is 4.79 Å². The molecule has 0 aliphatic carbocycles. The molecule has 0 saturated carbocycles. The van der Waals surface area contributed by atoms with Gasteiger partial charge in [0, 0.05) is 6.54 Å². The van der Waals surface area contributed by atoms with Gasteiger partial charge in [0.15, 0.2) is 0 Å². The van der Waals surface area contributed by atoms with Crippen LogP contribution >= 0.6 is 0 Å². The zero-order valence-electron chi connectivity index (χ0n) is 7.79. The topological polar surface area (TPSA) is 40.5 Å². The summed E-state index contributed by atoms with van der Waals surface area (Å²) in [7, 11) is 1.90. The van der Waals surface area contributed by atoms with Crippen molar-refractivity contribution < 1.29 is 9.90 Å². The molecule has 2 atom stereocenters. The van der Waals surface area contributed by atoms with Crippen molar-refractivity contribution in [3.05, 3.63) is 0 Å². The maximum Gasteiger partial charge on any atom is 0.320 e. The summed E-state index contributed by atoms with van der Waals surface area (Å²) in [5.41, 5.74) is 0. The van der Waals surface area contributed by atoms with Crippen molar-refractivity contribution in [3.63, 3.8) is 0 Å². The summed E-state index contributed by atoms with van der Waals surface area (Å²) in [6.45, 7) is 3.10. The summed E-state index contributed by atoms with van der Waals surface area (Å²) in [5.74, 6) is -0.0720. The zero-order chi connectivity index (χ0) is 9.14. The van der Waals surface area contributed by atoms with E-state index in [1.54, 1.807) is 0 Å². The van der Waals surface area contributed by atoms with Gasteiger partial charge in [-0.25, -0.2) is 0 Å². The number of hydrogen-bond acceptors (Lipinski definition) is 2. The largest absolute Gasteiger partial charge is 0.480 e. The van der Waals surface area contributed by atoms with Crippen molar-refractivity contribution in [2.45, 2.75) is 32.2 Å². The number of likely N-dealkylation sites (tertiary alicyclic amines) is 1. The molecule has 0 aromatic rings. The van der Waals surface area contributed by atoms with Gasteiger partial charge in [0.1, 0.15) is 6.04 Å². The van der Waals surface area contributed by atoms with E-state index in [1.165, 1.54) is 0 Å². The van der Waals surface area contributed by atoms with Gasteiger partial charge < -0.3 is 5.11 Å². The molecule has 3 heteroatoms. The molecule has 12 heavy (non-hydrogen) atoms. The summed E-state index contributed by atoms with van der Waals surface area (Å²) >= 11 is 0. The fourth-order valence-electron chi connectivity index (χ4n) is 2.01. The number of hydrogen-bond donors (Lipinski definition) is 1. The first-order valence-corrected chi connectivity index (χ1v) is 4.58. The number of carboxylic acids is 1. The highest BCUT2D eigenvalue weighted by Crippen LogP contribution is 2.25. The van der Waals surface area contributed by atoms with Crippen LogP contribution < -0.4 is 0 Å². The van der Waals surface area contributed by atoms with Gasteiger partial charge in [-0.3, -0.25) is 9.69 Å². The van der Waals surface area contributed by atoms with Gasteiger partial charge in [0.05, 0.1) is 0 Å². The number of rotatable bonds is 3. The smallest absolute Gasteiger partial charge is 0.320 e. The van der Waals surface area contributed by atoms with Crippen LogP contribution in [0.15, 0.2) is 0 Å². The Balaban J connectivity index is 2.44. The third-order valence-electron chi connectivity index (χ3n) is 2.62. The molecular formula is C9H17NO2. The average Bonchev–Trinajstić information content (AvgIpc) is 2.32. The van der Waals surface area contributed by atoms with Crippen molar-refractivity contribution in [1.29, 1.82) is 0 Å². The first-order valence-electron chi connectivity index (χ1n) is 4.58. The van der Waals surface area contributed by atoms with Crippen LogP contribution in [0.2, 0.25) is 0 Å². The molecule has 1 heterocycles. The fourth-order valence-corrected chi connectivity index (χ4v) is 2.01. The molecule has 0 aromatic carbocycles. The molecule has 1 aliphatic rings. The van der Waals surface area contributed by atoms with Crippen LogP contribution in [-0.2, 0) is 4.79 Å². The standard InChI is InChI=1S/C9H17NO2/c1-3-4-7-5-8(9(11)12)10(2)6-7/h7-8H,3-6H2,1-2H3,(H,11,12)/t7-,8?/m1/s1. The minimum absolute atomic E-state index is 0.235. The van der Waals surface area contributed by atoms with Gasteiger partial charge in [0.2, 0.25) is 0 Å². The van der Waals surface area contributed by atoms with E-state index in [0.717, 1.165) is 25.8 Å². The number of carboxylic acid groups (broad SMARTS) is 1. The van der Waals surface area contributed by atoms with Crippen molar-refractivity contribution >= 4 is 5.97 Å². The number of carbonyl (C=O) groups is 1. The first-order chi connectivity index (χ1) is 5.65. The summed E-state index contributed by atoms with van der Waals surface area (Å²) in [4.78, 5) is 12.7. The Kier molecular flexibility index (Phi) is 3.09. The van der Waals surface area contributed by atoms with Gasteiger partial charge >= 0.3 is 5.97 Å². The number of likely N-dealkylation sites (N-methyl/N-ethyl adjacent to an activating group) is 1. The van der Waals surface area contributed by atoms with Crippen LogP contribution in [0.5, 0.6) is 0 Å². The van der Waals surface area contributed by atoms with E-state index in [4.69, 9.17) is 5.11 Å². The Bertz CT molecular complexity index is 170. The maximum atomic E-state index is 10.7. The summed E-state index contributed by atoms with van der Waals surface area (Å²) in [5, 5.41) is 8.83. The second-order valence-electron chi connectivity index (χ2n) is 3.68. The summed E-state index contributed by atoms with van der Waals surface area (Å²) < 4.78 is 0. The van der Waals surface area contributed by atoms with Crippen molar-refractivity contribution in [2.24, 2.45) is 5.92 Å². The predicted molar refractivity (Wildman–Crippen MR) is 47.1 cm³/mol. The number of aliphatic carboxylic acids is 1. The fraction of sp³-hybridized carbons (Fsp3) is 0.889. The second-order valence-corrected chi connectivity index (χ2v) is 3.68. The lowest BCUT2D eigenvalue weighted by Gasteiger charge is -2.13. The van der Waals surface area contributed by atoms with Crippen LogP contribution in [0.1, 0.15) is 26.2 Å². The Labute approximate surface area is 73.4 Å². The lowest BCUT2D eigenvalue weighted by molar-refractivity contribution is -0.141. The molecule has 1 rings (SSSR count). The van der Waals surface area contributed by atoms with Gasteiger partial charge in [0.25, 0.3) is 0 Å². The third kappa shape index (κ3) is 1.97. The van der Waals surface area contributed by atoms with Crippen LogP contribution in [0, 0.1) is 5.92 Å². The second kappa shape index (κ2) is 3.90. The summed E-state index contributed by atoms with van der Waals surface area (Å²) in [6.07, 6.45) is 3.15. The highest BCUT2D eigenvalue weighted by Gasteiger charge is 2.33. The predicted octanol–water partition coefficient (Wildman–Crippen LogP) is 1.19. The Morgan fingerprint density at radius 2 is 2.33 bits per heavy atom. The molecule has 0 amide bonds. The van der Waals surface area contributed by atoms with Crippen molar-refractivity contribution in [1.82, 2.24) is 4.90 Å². The Morgan fingerprint density at radius 3 is 2.75 bits per heavy atom. The zero-order valence-corrected chi connectivity index (χ0v) is 7.79. The highest BCUT2D eigenvalue weighted by atomic mass is 16.4. The minimum atomic E-state index is -0.670. The van der Waals surface area contributed by atoms with Crippen molar-refractivity contribution in [2.75, 3.05) is 13.6 Å². The minimum Gasteiger partial charge on any atom is -0.480 e. The monoisotopic (exact) mass is 171 g/mol. The van der Waals surface area contributed by atoms with Crippen LogP contribution in [0.3, 0.4) is 0 Å². The molecule has 0 spiro atoms. The molecule has 1 saturated heterocycles. The molecular weight excluding hydrogens is 154 g/mol.